The van der Waals surface area contributed by atoms with E-state index in [-0.39, 0.29) is 29.9 Å². The third-order valence-corrected chi connectivity index (χ3v) is 12.2. The molecule has 1 amide bonds. The number of esters is 1. The zero-order valence-electron chi connectivity index (χ0n) is 24.7. The van der Waals surface area contributed by atoms with Gasteiger partial charge in [0.25, 0.3) is 5.91 Å². The number of carbonyl (C=O) groups excluding carboxylic acids is 4. The number of fused-ring (bicyclic) bond motifs is 2. The summed E-state index contributed by atoms with van der Waals surface area (Å²) < 4.78 is 12.3. The van der Waals surface area contributed by atoms with Crippen LogP contribution in [0.2, 0.25) is 0 Å². The Morgan fingerprint density at radius 1 is 1.12 bits per heavy atom. The summed E-state index contributed by atoms with van der Waals surface area (Å²) in [5, 5.41) is 27.2. The normalized spacial score (nSPS) is 44.4. The Morgan fingerprint density at radius 3 is 2.56 bits per heavy atom. The molecule has 7 aliphatic rings. The number of nitrogens with zero attached hydrogens (tertiary/aromatic N) is 1. The van der Waals surface area contributed by atoms with Gasteiger partial charge in [-0.1, -0.05) is 26.5 Å². The standard InChI is InChI=1S/C33H40N2O8/c1-17-20-11-12-22-31-16-42-33(41,26(38)24(31)30(2,3)14-13-23(31)36)32(22,25(17)37)27(20)43-29(40)18-7-9-19(10-8-18)35-28(39)21-6-4-5-15-34-21/h4-6,15,18-20,22,24,26-27,38,41H,1,7-14,16H2,2-3H3,(H,35,39)/t18?,19?,20-,22-,24+,26-,27+,31+,32-,33-/m0/s1. The monoisotopic (exact) mass is 592 g/mol. The molecule has 8 atom stereocenters. The Kier molecular flexibility index (Phi) is 6.38. The van der Waals surface area contributed by atoms with Gasteiger partial charge in [-0.2, -0.15) is 0 Å². The van der Waals surface area contributed by atoms with Gasteiger partial charge in [-0.05, 0) is 74.0 Å². The van der Waals surface area contributed by atoms with Gasteiger partial charge in [0.1, 0.15) is 29.1 Å². The average Bonchev–Trinajstić information content (AvgIpc) is 3.10. The number of aromatic nitrogens is 1. The summed E-state index contributed by atoms with van der Waals surface area (Å²) in [4.78, 5) is 58.5. The highest BCUT2D eigenvalue weighted by atomic mass is 16.6. The number of carbonyl (C=O) groups is 4. The number of aliphatic hydroxyl groups excluding tert-OH is 1. The molecule has 2 aliphatic heterocycles. The van der Waals surface area contributed by atoms with Crippen LogP contribution in [-0.2, 0) is 23.9 Å². The van der Waals surface area contributed by atoms with Crippen LogP contribution >= 0.6 is 0 Å². The van der Waals surface area contributed by atoms with Gasteiger partial charge >= 0.3 is 5.97 Å². The van der Waals surface area contributed by atoms with Crippen LogP contribution in [0.1, 0.15) is 75.7 Å². The second-order valence-electron chi connectivity index (χ2n) is 14.4. The molecule has 7 fully saturated rings. The van der Waals surface area contributed by atoms with Crippen molar-refractivity contribution in [3.63, 3.8) is 0 Å². The first-order valence-corrected chi connectivity index (χ1v) is 15.6. The molecule has 3 N–H and O–H groups in total. The molecule has 0 radical (unpaired) electrons. The van der Waals surface area contributed by atoms with Gasteiger partial charge in [-0.3, -0.25) is 24.2 Å². The van der Waals surface area contributed by atoms with E-state index in [1.165, 1.54) is 0 Å². The summed E-state index contributed by atoms with van der Waals surface area (Å²) in [6.45, 7) is 7.99. The third kappa shape index (κ3) is 3.60. The Bertz CT molecular complexity index is 1400. The maximum atomic E-state index is 14.3. The van der Waals surface area contributed by atoms with Crippen LogP contribution < -0.4 is 5.32 Å². The molecule has 2 saturated heterocycles. The van der Waals surface area contributed by atoms with Gasteiger partial charge in [0, 0.05) is 30.5 Å². The molecule has 5 saturated carbocycles. The van der Waals surface area contributed by atoms with Crippen molar-refractivity contribution in [1.29, 1.82) is 0 Å². The van der Waals surface area contributed by atoms with Crippen molar-refractivity contribution in [1.82, 2.24) is 10.3 Å². The molecule has 43 heavy (non-hydrogen) atoms. The number of aliphatic hydroxyl groups is 2. The Labute approximate surface area is 250 Å². The van der Waals surface area contributed by atoms with Crippen molar-refractivity contribution in [2.24, 2.45) is 39.9 Å². The van der Waals surface area contributed by atoms with Gasteiger partial charge in [0.05, 0.1) is 17.9 Å². The summed E-state index contributed by atoms with van der Waals surface area (Å²) in [5.41, 5.74) is -2.84. The lowest BCUT2D eigenvalue weighted by molar-refractivity contribution is -0.437. The SMILES string of the molecule is C=C1C(=O)[C@]23[C@H](OC(=O)C4CCC(NC(=O)c5ccccn5)CC4)[C@H]1CC[C@H]2[C@@]12CO[C@@]3(O)[C@@H](O)[C@@H]1C(C)(C)CCC2=O. The molecule has 10 nitrogen and oxygen atoms in total. The summed E-state index contributed by atoms with van der Waals surface area (Å²) in [6.07, 6.45) is 2.92. The van der Waals surface area contributed by atoms with E-state index in [0.29, 0.717) is 57.1 Å². The first-order valence-electron chi connectivity index (χ1n) is 15.6. The summed E-state index contributed by atoms with van der Waals surface area (Å²) >= 11 is 0. The molecule has 5 aliphatic carbocycles. The maximum absolute atomic E-state index is 14.3. The van der Waals surface area contributed by atoms with Crippen LogP contribution in [0.25, 0.3) is 0 Å². The number of pyridine rings is 1. The van der Waals surface area contributed by atoms with Crippen molar-refractivity contribution in [2.75, 3.05) is 6.61 Å². The summed E-state index contributed by atoms with van der Waals surface area (Å²) in [7, 11) is 0. The minimum Gasteiger partial charge on any atom is -0.460 e. The van der Waals surface area contributed by atoms with Gasteiger partial charge in [0.2, 0.25) is 5.79 Å². The number of hydrogen-bond acceptors (Lipinski definition) is 9. The van der Waals surface area contributed by atoms with Crippen molar-refractivity contribution in [2.45, 2.75) is 89.3 Å². The molecule has 0 unspecified atom stereocenters. The van der Waals surface area contributed by atoms with E-state index in [4.69, 9.17) is 9.47 Å². The lowest BCUT2D eigenvalue weighted by Gasteiger charge is -2.73. The van der Waals surface area contributed by atoms with Crippen molar-refractivity contribution in [3.8, 4) is 0 Å². The van der Waals surface area contributed by atoms with Crippen LogP contribution in [0.5, 0.6) is 0 Å². The van der Waals surface area contributed by atoms with E-state index in [0.717, 1.165) is 0 Å². The van der Waals surface area contributed by atoms with Gasteiger partial charge in [-0.25, -0.2) is 0 Å². The first kappa shape index (κ1) is 28.8. The molecule has 2 spiro atoms. The van der Waals surface area contributed by atoms with Crippen LogP contribution in [0.4, 0.5) is 0 Å². The van der Waals surface area contributed by atoms with Crippen molar-refractivity contribution >= 4 is 23.4 Å². The van der Waals surface area contributed by atoms with Crippen LogP contribution in [0.3, 0.4) is 0 Å². The van der Waals surface area contributed by atoms with E-state index in [9.17, 15) is 29.4 Å². The van der Waals surface area contributed by atoms with E-state index < -0.39 is 69.7 Å². The Morgan fingerprint density at radius 2 is 1.86 bits per heavy atom. The van der Waals surface area contributed by atoms with E-state index in [1.54, 1.807) is 24.4 Å². The largest absolute Gasteiger partial charge is 0.460 e. The van der Waals surface area contributed by atoms with Gasteiger partial charge in [0.15, 0.2) is 5.78 Å². The zero-order valence-corrected chi connectivity index (χ0v) is 24.7. The number of rotatable bonds is 4. The molecule has 1 aromatic rings. The lowest BCUT2D eigenvalue weighted by atomic mass is 9.36. The Balaban J connectivity index is 1.15. The van der Waals surface area contributed by atoms with Crippen LogP contribution in [0.15, 0.2) is 36.5 Å². The molecule has 230 valence electrons. The molecule has 3 heterocycles. The fraction of sp³-hybridized carbons (Fsp3) is 0.667. The van der Waals surface area contributed by atoms with Crippen molar-refractivity contribution in [3.05, 3.63) is 42.2 Å². The fourth-order valence-electron chi connectivity index (χ4n) is 10.2. The maximum Gasteiger partial charge on any atom is 0.309 e. The predicted molar refractivity (Wildman–Crippen MR) is 151 cm³/mol. The van der Waals surface area contributed by atoms with Crippen LogP contribution in [0, 0.1) is 39.9 Å². The topological polar surface area (TPSA) is 152 Å². The molecule has 1 aromatic heterocycles. The molecular weight excluding hydrogens is 552 g/mol. The highest BCUT2D eigenvalue weighted by Crippen LogP contribution is 2.76. The quantitative estimate of drug-likeness (QED) is 0.354. The fourth-order valence-corrected chi connectivity index (χ4v) is 10.2. The lowest BCUT2D eigenvalue weighted by Crippen LogP contribution is -2.85. The number of ether oxygens (including phenoxy) is 2. The molecular formula is C33H40N2O8. The predicted octanol–water partition coefficient (Wildman–Crippen LogP) is 2.52. The van der Waals surface area contributed by atoms with E-state index in [2.05, 4.69) is 16.9 Å². The highest BCUT2D eigenvalue weighted by Gasteiger charge is 2.88. The third-order valence-electron chi connectivity index (χ3n) is 12.2. The zero-order chi connectivity index (χ0) is 30.5. The number of Topliss-reactive ketones (excluding diaryl/α,β-unsaturated/α-hetero) is 2. The molecule has 8 rings (SSSR count). The second kappa shape index (κ2) is 9.52. The molecule has 4 bridgehead atoms. The van der Waals surface area contributed by atoms with E-state index in [1.807, 2.05) is 13.8 Å². The van der Waals surface area contributed by atoms with Crippen LogP contribution in [-0.4, -0.2) is 69.3 Å². The average molecular weight is 593 g/mol. The minimum absolute atomic E-state index is 0.0538. The number of ketones is 2. The van der Waals surface area contributed by atoms with Gasteiger partial charge in [-0.15, -0.1) is 0 Å². The summed E-state index contributed by atoms with van der Waals surface area (Å²) in [5.74, 6) is -5.78. The molecule has 0 aromatic carbocycles. The summed E-state index contributed by atoms with van der Waals surface area (Å²) in [6, 6.07) is 5.03. The number of nitrogens with one attached hydrogen (secondary N) is 1. The second-order valence-corrected chi connectivity index (χ2v) is 14.4. The van der Waals surface area contributed by atoms with Crippen molar-refractivity contribution < 1.29 is 38.9 Å². The molecule has 10 heteroatoms. The van der Waals surface area contributed by atoms with E-state index >= 15 is 0 Å². The number of hydrogen-bond donors (Lipinski definition) is 3. The highest BCUT2D eigenvalue weighted by molar-refractivity contribution is 6.06. The van der Waals surface area contributed by atoms with Gasteiger partial charge < -0.3 is 25.0 Å². The minimum atomic E-state index is -2.31. The number of amides is 1. The Hall–Kier alpha value is -2.95. The first-order chi connectivity index (χ1) is 20.4. The smallest absolute Gasteiger partial charge is 0.309 e.